The van der Waals surface area contributed by atoms with Gasteiger partial charge in [0.05, 0.1) is 0 Å². The molecule has 2 N–H and O–H groups in total. The Morgan fingerprint density at radius 3 is 2.53 bits per heavy atom. The SMILES string of the molecule is N[C@H](CCC(F)(F)F)c1ccc(Br)nc1. The van der Waals surface area contributed by atoms with Crippen molar-refractivity contribution in [2.75, 3.05) is 0 Å². The van der Waals surface area contributed by atoms with Crippen molar-refractivity contribution in [3.05, 3.63) is 28.5 Å². The summed E-state index contributed by atoms with van der Waals surface area (Å²) in [6, 6.07) is 2.70. The molecule has 15 heavy (non-hydrogen) atoms. The summed E-state index contributed by atoms with van der Waals surface area (Å²) in [7, 11) is 0. The van der Waals surface area contributed by atoms with E-state index in [2.05, 4.69) is 20.9 Å². The second-order valence-corrected chi connectivity index (χ2v) is 3.99. The molecule has 0 radical (unpaired) electrons. The molecular weight excluding hydrogens is 273 g/mol. The highest BCUT2D eigenvalue weighted by molar-refractivity contribution is 9.10. The molecule has 1 aromatic heterocycles. The Hall–Kier alpha value is -0.620. The molecule has 1 heterocycles. The summed E-state index contributed by atoms with van der Waals surface area (Å²) in [5.41, 5.74) is 6.21. The third-order valence-corrected chi connectivity index (χ3v) is 2.39. The summed E-state index contributed by atoms with van der Waals surface area (Å²) in [5, 5.41) is 0. The summed E-state index contributed by atoms with van der Waals surface area (Å²) in [6.45, 7) is 0. The fourth-order valence-corrected chi connectivity index (χ4v) is 1.33. The number of aromatic nitrogens is 1. The standard InChI is InChI=1S/C9H10BrF3N2/c10-8-2-1-6(5-15-8)7(14)3-4-9(11,12)13/h1-2,5,7H,3-4,14H2/t7-/m1/s1. The monoisotopic (exact) mass is 282 g/mol. The van der Waals surface area contributed by atoms with Crippen LogP contribution in [0.4, 0.5) is 13.2 Å². The summed E-state index contributed by atoms with van der Waals surface area (Å²) in [4.78, 5) is 3.90. The number of pyridine rings is 1. The lowest BCUT2D eigenvalue weighted by atomic mass is 10.1. The summed E-state index contributed by atoms with van der Waals surface area (Å²) >= 11 is 3.13. The number of nitrogens with zero attached hydrogens (tertiary/aromatic N) is 1. The second-order valence-electron chi connectivity index (χ2n) is 3.17. The van der Waals surface area contributed by atoms with E-state index < -0.39 is 18.6 Å². The fraction of sp³-hybridized carbons (Fsp3) is 0.444. The maximum Gasteiger partial charge on any atom is 0.389 e. The van der Waals surface area contributed by atoms with Gasteiger partial charge in [-0.2, -0.15) is 13.2 Å². The minimum Gasteiger partial charge on any atom is -0.324 e. The van der Waals surface area contributed by atoms with Crippen molar-refractivity contribution in [1.82, 2.24) is 4.98 Å². The lowest BCUT2D eigenvalue weighted by Gasteiger charge is -2.12. The van der Waals surface area contributed by atoms with E-state index in [9.17, 15) is 13.2 Å². The smallest absolute Gasteiger partial charge is 0.324 e. The minimum atomic E-state index is -4.15. The zero-order valence-electron chi connectivity index (χ0n) is 7.76. The van der Waals surface area contributed by atoms with Crippen molar-refractivity contribution in [2.45, 2.75) is 25.1 Å². The molecule has 1 aromatic rings. The topological polar surface area (TPSA) is 38.9 Å². The number of rotatable bonds is 3. The van der Waals surface area contributed by atoms with Crippen molar-refractivity contribution in [3.63, 3.8) is 0 Å². The van der Waals surface area contributed by atoms with E-state index in [0.29, 0.717) is 10.2 Å². The number of hydrogen-bond acceptors (Lipinski definition) is 2. The minimum absolute atomic E-state index is 0.118. The Bertz CT molecular complexity index is 310. The lowest BCUT2D eigenvalue weighted by Crippen LogP contribution is -2.15. The Kier molecular flexibility index (Phi) is 4.10. The summed E-state index contributed by atoms with van der Waals surface area (Å²) in [5.74, 6) is 0. The van der Waals surface area contributed by atoms with Gasteiger partial charge in [0, 0.05) is 18.7 Å². The number of nitrogens with two attached hydrogens (primary N) is 1. The second kappa shape index (κ2) is 4.94. The highest BCUT2D eigenvalue weighted by Gasteiger charge is 2.27. The Morgan fingerprint density at radius 1 is 1.40 bits per heavy atom. The average Bonchev–Trinajstić information content (AvgIpc) is 2.14. The van der Waals surface area contributed by atoms with Gasteiger partial charge in [-0.3, -0.25) is 0 Å². The van der Waals surface area contributed by atoms with Crippen LogP contribution < -0.4 is 5.73 Å². The fourth-order valence-electron chi connectivity index (χ4n) is 1.09. The maximum absolute atomic E-state index is 11.9. The maximum atomic E-state index is 11.9. The quantitative estimate of drug-likeness (QED) is 0.865. The third-order valence-electron chi connectivity index (χ3n) is 1.92. The first kappa shape index (κ1) is 12.4. The van der Waals surface area contributed by atoms with Gasteiger partial charge in [0.2, 0.25) is 0 Å². The molecule has 0 unspecified atom stereocenters. The van der Waals surface area contributed by atoms with Gasteiger partial charge in [-0.25, -0.2) is 4.98 Å². The first-order valence-electron chi connectivity index (χ1n) is 4.32. The Balaban J connectivity index is 2.54. The summed E-state index contributed by atoms with van der Waals surface area (Å²) < 4.78 is 36.4. The zero-order chi connectivity index (χ0) is 11.5. The molecule has 0 aliphatic rings. The van der Waals surface area contributed by atoms with Crippen molar-refractivity contribution in [1.29, 1.82) is 0 Å². The van der Waals surface area contributed by atoms with Crippen LogP contribution in [0.2, 0.25) is 0 Å². The van der Waals surface area contributed by atoms with Crippen molar-refractivity contribution < 1.29 is 13.2 Å². The molecule has 0 aliphatic carbocycles. The molecule has 1 atom stereocenters. The van der Waals surface area contributed by atoms with Crippen molar-refractivity contribution in [2.24, 2.45) is 5.73 Å². The van der Waals surface area contributed by atoms with Gasteiger partial charge in [-0.1, -0.05) is 6.07 Å². The van der Waals surface area contributed by atoms with Gasteiger partial charge in [-0.15, -0.1) is 0 Å². The predicted octanol–water partition coefficient (Wildman–Crippen LogP) is 3.19. The normalized spacial score (nSPS) is 13.9. The van der Waals surface area contributed by atoms with E-state index >= 15 is 0 Å². The largest absolute Gasteiger partial charge is 0.389 e. The number of alkyl halides is 3. The molecule has 0 aliphatic heterocycles. The van der Waals surface area contributed by atoms with Crippen LogP contribution >= 0.6 is 15.9 Å². The molecule has 0 amide bonds. The van der Waals surface area contributed by atoms with Crippen LogP contribution in [-0.2, 0) is 0 Å². The molecule has 0 bridgehead atoms. The molecule has 1 rings (SSSR count). The van der Waals surface area contributed by atoms with Crippen LogP contribution in [0.25, 0.3) is 0 Å². The van der Waals surface area contributed by atoms with Crippen LogP contribution in [0.15, 0.2) is 22.9 Å². The highest BCUT2D eigenvalue weighted by atomic mass is 79.9. The molecule has 0 saturated heterocycles. The lowest BCUT2D eigenvalue weighted by molar-refractivity contribution is -0.136. The molecule has 84 valence electrons. The molecule has 6 heteroatoms. The predicted molar refractivity (Wildman–Crippen MR) is 54.2 cm³/mol. The van der Waals surface area contributed by atoms with Crippen molar-refractivity contribution in [3.8, 4) is 0 Å². The van der Waals surface area contributed by atoms with Gasteiger partial charge in [0.15, 0.2) is 0 Å². The Labute approximate surface area is 93.8 Å². The first-order valence-corrected chi connectivity index (χ1v) is 5.11. The van der Waals surface area contributed by atoms with E-state index in [0.717, 1.165) is 0 Å². The summed E-state index contributed by atoms with van der Waals surface area (Å²) in [6.07, 6.45) is -3.66. The Morgan fingerprint density at radius 2 is 2.07 bits per heavy atom. The van der Waals surface area contributed by atoms with Crippen LogP contribution in [0.3, 0.4) is 0 Å². The van der Waals surface area contributed by atoms with Gasteiger partial charge >= 0.3 is 6.18 Å². The molecule has 0 saturated carbocycles. The molecule has 2 nitrogen and oxygen atoms in total. The molecule has 0 spiro atoms. The van der Waals surface area contributed by atoms with Crippen LogP contribution in [0, 0.1) is 0 Å². The van der Waals surface area contributed by atoms with Gasteiger partial charge < -0.3 is 5.73 Å². The third kappa shape index (κ3) is 4.61. The van der Waals surface area contributed by atoms with E-state index in [-0.39, 0.29) is 6.42 Å². The van der Waals surface area contributed by atoms with Gasteiger partial charge in [-0.05, 0) is 34.0 Å². The number of halogens is 4. The van der Waals surface area contributed by atoms with E-state index in [1.165, 1.54) is 6.20 Å². The van der Waals surface area contributed by atoms with E-state index in [1.54, 1.807) is 12.1 Å². The molecule has 0 aromatic carbocycles. The van der Waals surface area contributed by atoms with E-state index in [4.69, 9.17) is 5.73 Å². The van der Waals surface area contributed by atoms with E-state index in [1.807, 2.05) is 0 Å². The van der Waals surface area contributed by atoms with Crippen LogP contribution in [0.1, 0.15) is 24.4 Å². The average molecular weight is 283 g/mol. The van der Waals surface area contributed by atoms with Crippen molar-refractivity contribution >= 4 is 15.9 Å². The van der Waals surface area contributed by atoms with Gasteiger partial charge in [0.1, 0.15) is 4.60 Å². The van der Waals surface area contributed by atoms with Gasteiger partial charge in [0.25, 0.3) is 0 Å². The first-order chi connectivity index (χ1) is 6.88. The zero-order valence-corrected chi connectivity index (χ0v) is 9.35. The molecule has 0 fully saturated rings. The molecular formula is C9H10BrF3N2. The van der Waals surface area contributed by atoms with Crippen LogP contribution in [0.5, 0.6) is 0 Å². The number of hydrogen-bond donors (Lipinski definition) is 1. The van der Waals surface area contributed by atoms with Crippen LogP contribution in [-0.4, -0.2) is 11.2 Å². The highest BCUT2D eigenvalue weighted by Crippen LogP contribution is 2.26.